The normalized spacial score (nSPS) is 13.4. The van der Waals surface area contributed by atoms with Gasteiger partial charge in [0.15, 0.2) is 5.60 Å². The van der Waals surface area contributed by atoms with Gasteiger partial charge in [-0.3, -0.25) is 9.97 Å². The topological polar surface area (TPSA) is 121 Å². The van der Waals surface area contributed by atoms with Crippen LogP contribution in [0.25, 0.3) is 22.2 Å². The first-order chi connectivity index (χ1) is 15.4. The summed E-state index contributed by atoms with van der Waals surface area (Å²) in [6.07, 6.45) is 2.57. The van der Waals surface area contributed by atoms with E-state index in [9.17, 15) is 14.3 Å². The van der Waals surface area contributed by atoms with E-state index >= 15 is 0 Å². The molecule has 0 aliphatic carbocycles. The smallest absolute Gasteiger partial charge is 0.323 e. The van der Waals surface area contributed by atoms with Gasteiger partial charge >= 0.3 is 5.69 Å². The van der Waals surface area contributed by atoms with Crippen LogP contribution in [-0.2, 0) is 5.60 Å². The molecular formula is C23H18FN5O3. The van der Waals surface area contributed by atoms with Gasteiger partial charge in [-0.25, -0.2) is 9.18 Å². The molecule has 0 bridgehead atoms. The number of aliphatic hydroxyl groups is 1. The molecule has 0 aliphatic rings. The second-order valence-electron chi connectivity index (χ2n) is 7.51. The molecule has 0 amide bonds. The second kappa shape index (κ2) is 7.24. The van der Waals surface area contributed by atoms with E-state index in [0.29, 0.717) is 33.6 Å². The van der Waals surface area contributed by atoms with Gasteiger partial charge in [0.05, 0.1) is 34.3 Å². The first kappa shape index (κ1) is 19.8. The van der Waals surface area contributed by atoms with Gasteiger partial charge < -0.3 is 19.6 Å². The van der Waals surface area contributed by atoms with Gasteiger partial charge in [0, 0.05) is 17.3 Å². The minimum atomic E-state index is -1.90. The van der Waals surface area contributed by atoms with E-state index in [0.717, 1.165) is 11.8 Å². The Balaban J connectivity index is 1.89. The SMILES string of the molecule is Cc1noc(C)c1-c1cc(C(O)(c2ccccn2)c2ccc(F)cn2)c2[nH]c(=O)[nH]c2c1. The summed E-state index contributed by atoms with van der Waals surface area (Å²) in [6.45, 7) is 3.59. The molecule has 0 spiro atoms. The predicted octanol–water partition coefficient (Wildman–Crippen LogP) is 3.34. The highest BCUT2D eigenvalue weighted by Gasteiger charge is 2.39. The van der Waals surface area contributed by atoms with Crippen molar-refractivity contribution in [3.8, 4) is 11.1 Å². The van der Waals surface area contributed by atoms with Gasteiger partial charge in [-0.1, -0.05) is 11.2 Å². The molecule has 1 aromatic carbocycles. The molecule has 160 valence electrons. The number of benzene rings is 1. The lowest BCUT2D eigenvalue weighted by atomic mass is 9.83. The fraction of sp³-hybridized carbons (Fsp3) is 0.130. The number of aromatic amines is 2. The van der Waals surface area contributed by atoms with E-state index in [-0.39, 0.29) is 11.4 Å². The fourth-order valence-corrected chi connectivity index (χ4v) is 4.04. The van der Waals surface area contributed by atoms with Gasteiger partial charge in [0.25, 0.3) is 0 Å². The molecule has 1 atom stereocenters. The fourth-order valence-electron chi connectivity index (χ4n) is 4.04. The molecule has 3 N–H and O–H groups in total. The lowest BCUT2D eigenvalue weighted by Crippen LogP contribution is -2.31. The Kier molecular flexibility index (Phi) is 4.49. The minimum absolute atomic E-state index is 0.150. The maximum Gasteiger partial charge on any atom is 0.323 e. The zero-order valence-electron chi connectivity index (χ0n) is 17.2. The maximum absolute atomic E-state index is 13.6. The number of nitrogens with one attached hydrogen (secondary N) is 2. The monoisotopic (exact) mass is 431 g/mol. The van der Waals surface area contributed by atoms with E-state index < -0.39 is 17.1 Å². The highest BCUT2D eigenvalue weighted by molar-refractivity contribution is 5.87. The summed E-state index contributed by atoms with van der Waals surface area (Å²) in [5.74, 6) is 0.0498. The summed E-state index contributed by atoms with van der Waals surface area (Å²) in [5.41, 5.74) is 1.33. The number of aryl methyl sites for hydroxylation is 2. The lowest BCUT2D eigenvalue weighted by Gasteiger charge is -2.28. The molecule has 32 heavy (non-hydrogen) atoms. The number of imidazole rings is 1. The molecule has 0 radical (unpaired) electrons. The highest BCUT2D eigenvalue weighted by Crippen LogP contribution is 2.40. The van der Waals surface area contributed by atoms with Gasteiger partial charge in [-0.2, -0.15) is 0 Å². The molecule has 5 rings (SSSR count). The average Bonchev–Trinajstić information content (AvgIpc) is 3.33. The van der Waals surface area contributed by atoms with Gasteiger partial charge in [0.2, 0.25) is 0 Å². The number of nitrogens with zero attached hydrogens (tertiary/aromatic N) is 3. The molecule has 0 aliphatic heterocycles. The number of H-pyrrole nitrogens is 2. The van der Waals surface area contributed by atoms with Crippen LogP contribution in [0, 0.1) is 19.7 Å². The summed E-state index contributed by atoms with van der Waals surface area (Å²) in [4.78, 5) is 26.2. The van der Waals surface area contributed by atoms with Crippen molar-refractivity contribution in [2.45, 2.75) is 19.4 Å². The number of fused-ring (bicyclic) bond motifs is 1. The van der Waals surface area contributed by atoms with E-state index in [2.05, 4.69) is 25.1 Å². The number of rotatable bonds is 4. The number of aromatic nitrogens is 5. The Morgan fingerprint density at radius 2 is 1.88 bits per heavy atom. The molecule has 1 unspecified atom stereocenters. The summed E-state index contributed by atoms with van der Waals surface area (Å²) in [6, 6.07) is 11.2. The predicted molar refractivity (Wildman–Crippen MR) is 114 cm³/mol. The molecule has 0 saturated carbocycles. The van der Waals surface area contributed by atoms with E-state index in [1.165, 1.54) is 12.1 Å². The van der Waals surface area contributed by atoms with Crippen molar-refractivity contribution in [1.82, 2.24) is 25.1 Å². The molecule has 4 heterocycles. The van der Waals surface area contributed by atoms with E-state index in [1.54, 1.807) is 43.5 Å². The largest absolute Gasteiger partial charge is 0.373 e. The maximum atomic E-state index is 13.6. The van der Waals surface area contributed by atoms with Crippen molar-refractivity contribution in [2.24, 2.45) is 0 Å². The number of hydrogen-bond donors (Lipinski definition) is 3. The van der Waals surface area contributed by atoms with E-state index in [4.69, 9.17) is 4.52 Å². The molecule has 5 aromatic rings. The Hall–Kier alpha value is -4.11. The lowest BCUT2D eigenvalue weighted by molar-refractivity contribution is 0.117. The highest BCUT2D eigenvalue weighted by atomic mass is 19.1. The number of halogens is 1. The summed E-state index contributed by atoms with van der Waals surface area (Å²) in [7, 11) is 0. The van der Waals surface area contributed by atoms with Gasteiger partial charge in [0.1, 0.15) is 11.6 Å². The van der Waals surface area contributed by atoms with Crippen LogP contribution in [0.1, 0.15) is 28.4 Å². The van der Waals surface area contributed by atoms with Crippen LogP contribution in [0.2, 0.25) is 0 Å². The van der Waals surface area contributed by atoms with Crippen LogP contribution < -0.4 is 5.69 Å². The van der Waals surface area contributed by atoms with Crippen LogP contribution in [0.15, 0.2) is 64.2 Å². The van der Waals surface area contributed by atoms with Crippen molar-refractivity contribution >= 4 is 11.0 Å². The summed E-state index contributed by atoms with van der Waals surface area (Å²) >= 11 is 0. The van der Waals surface area contributed by atoms with Crippen molar-refractivity contribution in [2.75, 3.05) is 0 Å². The first-order valence-electron chi connectivity index (χ1n) is 9.83. The molecule has 9 heteroatoms. The van der Waals surface area contributed by atoms with Crippen molar-refractivity contribution in [1.29, 1.82) is 0 Å². The number of pyridine rings is 2. The van der Waals surface area contributed by atoms with Crippen LogP contribution in [-0.4, -0.2) is 30.2 Å². The zero-order chi connectivity index (χ0) is 22.5. The quantitative estimate of drug-likeness (QED) is 0.401. The average molecular weight is 431 g/mol. The van der Waals surface area contributed by atoms with Crippen LogP contribution in [0.4, 0.5) is 4.39 Å². The summed E-state index contributed by atoms with van der Waals surface area (Å²) in [5, 5.41) is 16.2. The summed E-state index contributed by atoms with van der Waals surface area (Å²) < 4.78 is 19.0. The molecule has 8 nitrogen and oxygen atoms in total. The second-order valence-corrected chi connectivity index (χ2v) is 7.51. The molecule has 4 aromatic heterocycles. The Bertz CT molecular complexity index is 1470. The molecule has 0 saturated heterocycles. The van der Waals surface area contributed by atoms with Crippen molar-refractivity contribution in [3.05, 3.63) is 99.6 Å². The first-order valence-corrected chi connectivity index (χ1v) is 9.83. The Morgan fingerprint density at radius 1 is 1.06 bits per heavy atom. The van der Waals surface area contributed by atoms with E-state index in [1.807, 2.05) is 6.92 Å². The third kappa shape index (κ3) is 3.02. The molecule has 0 fully saturated rings. The van der Waals surface area contributed by atoms with Gasteiger partial charge in [-0.15, -0.1) is 0 Å². The van der Waals surface area contributed by atoms with Crippen LogP contribution in [0.3, 0.4) is 0 Å². The molecular weight excluding hydrogens is 413 g/mol. The van der Waals surface area contributed by atoms with Crippen molar-refractivity contribution in [3.63, 3.8) is 0 Å². The van der Waals surface area contributed by atoms with Crippen LogP contribution in [0.5, 0.6) is 0 Å². The van der Waals surface area contributed by atoms with Crippen LogP contribution >= 0.6 is 0 Å². The van der Waals surface area contributed by atoms with Crippen molar-refractivity contribution < 1.29 is 14.0 Å². The Labute approximate surface area is 180 Å². The zero-order valence-corrected chi connectivity index (χ0v) is 17.2. The van der Waals surface area contributed by atoms with Gasteiger partial charge in [-0.05, 0) is 55.8 Å². The third-order valence-corrected chi connectivity index (χ3v) is 5.47. The minimum Gasteiger partial charge on any atom is -0.373 e. The number of hydrogen-bond acceptors (Lipinski definition) is 6. The standard InChI is InChI=1S/C23H18FN5O3/c1-12-20(13(2)32-29-12)14-9-16(21-17(10-14)27-22(30)28-21)23(31,18-5-3-4-8-25-18)19-7-6-15(24)11-26-19/h3-11,31H,1-2H3,(H2,27,28,30). The Morgan fingerprint density at radius 3 is 2.53 bits per heavy atom. The third-order valence-electron chi connectivity index (χ3n) is 5.47.